The van der Waals surface area contributed by atoms with Crippen LogP contribution in [0, 0.1) is 13.8 Å². The van der Waals surface area contributed by atoms with Crippen LogP contribution in [0.1, 0.15) is 58.5 Å². The Kier molecular flexibility index (Phi) is 8.08. The SMILES string of the molecule is CCOC(=O)c1ncn(Cc2ccc(-c3onc(C)c3CC(=O)OC(C)c3ccccc3Cl)cc2)c1C. The van der Waals surface area contributed by atoms with Crippen LogP contribution in [0.15, 0.2) is 59.4 Å². The number of nitrogens with zero attached hydrogens (tertiary/aromatic N) is 3. The van der Waals surface area contributed by atoms with Crippen molar-refractivity contribution < 1.29 is 23.6 Å². The van der Waals surface area contributed by atoms with E-state index in [1.807, 2.05) is 54.0 Å². The van der Waals surface area contributed by atoms with Crippen LogP contribution in [0.5, 0.6) is 0 Å². The van der Waals surface area contributed by atoms with Crippen molar-refractivity contribution >= 4 is 23.5 Å². The Morgan fingerprint density at radius 2 is 1.84 bits per heavy atom. The molecule has 1 atom stereocenters. The van der Waals surface area contributed by atoms with E-state index in [0.29, 0.717) is 40.9 Å². The monoisotopic (exact) mass is 521 g/mol. The van der Waals surface area contributed by atoms with Crippen molar-refractivity contribution in [2.24, 2.45) is 0 Å². The average Bonchev–Trinajstić information content (AvgIpc) is 3.42. The molecule has 0 bridgehead atoms. The van der Waals surface area contributed by atoms with Crippen molar-refractivity contribution in [1.82, 2.24) is 14.7 Å². The molecule has 2 heterocycles. The van der Waals surface area contributed by atoms with Gasteiger partial charge in [0, 0.05) is 34.0 Å². The summed E-state index contributed by atoms with van der Waals surface area (Å²) < 4.78 is 18.2. The van der Waals surface area contributed by atoms with E-state index in [2.05, 4.69) is 10.1 Å². The lowest BCUT2D eigenvalue weighted by Crippen LogP contribution is -2.12. The quantitative estimate of drug-likeness (QED) is 0.254. The number of halogens is 1. The second-order valence-electron chi connectivity index (χ2n) is 8.63. The normalized spacial score (nSPS) is 11.8. The molecule has 0 radical (unpaired) electrons. The maximum absolute atomic E-state index is 12.7. The Balaban J connectivity index is 1.46. The van der Waals surface area contributed by atoms with E-state index in [1.54, 1.807) is 33.2 Å². The van der Waals surface area contributed by atoms with Gasteiger partial charge in [0.1, 0.15) is 6.10 Å². The summed E-state index contributed by atoms with van der Waals surface area (Å²) in [5.41, 5.74) is 4.90. The number of imidazole rings is 1. The van der Waals surface area contributed by atoms with E-state index in [4.69, 9.17) is 25.6 Å². The van der Waals surface area contributed by atoms with E-state index < -0.39 is 18.0 Å². The number of hydrogen-bond donors (Lipinski definition) is 0. The molecule has 0 spiro atoms. The number of esters is 2. The fourth-order valence-corrected chi connectivity index (χ4v) is 4.33. The van der Waals surface area contributed by atoms with Crippen LogP contribution in [0.3, 0.4) is 0 Å². The molecule has 2 aromatic carbocycles. The van der Waals surface area contributed by atoms with E-state index in [1.165, 1.54) is 0 Å². The van der Waals surface area contributed by atoms with Gasteiger partial charge in [0.25, 0.3) is 0 Å². The van der Waals surface area contributed by atoms with Crippen molar-refractivity contribution in [2.45, 2.75) is 46.8 Å². The summed E-state index contributed by atoms with van der Waals surface area (Å²) in [6, 6.07) is 15.0. The predicted molar refractivity (Wildman–Crippen MR) is 138 cm³/mol. The zero-order valence-corrected chi connectivity index (χ0v) is 21.9. The molecule has 8 nitrogen and oxygen atoms in total. The first-order valence-electron chi connectivity index (χ1n) is 12.0. The number of aryl methyl sites for hydroxylation is 1. The fraction of sp³-hybridized carbons (Fsp3) is 0.286. The molecule has 0 saturated heterocycles. The first-order chi connectivity index (χ1) is 17.8. The van der Waals surface area contributed by atoms with Gasteiger partial charge in [-0.25, -0.2) is 9.78 Å². The van der Waals surface area contributed by atoms with E-state index in [9.17, 15) is 9.59 Å². The van der Waals surface area contributed by atoms with Gasteiger partial charge in [0.05, 0.1) is 25.0 Å². The number of aromatic nitrogens is 3. The molecule has 192 valence electrons. The summed E-state index contributed by atoms with van der Waals surface area (Å²) in [6.45, 7) is 8.02. The Labute approximate surface area is 220 Å². The number of ether oxygens (including phenoxy) is 2. The maximum atomic E-state index is 12.7. The van der Waals surface area contributed by atoms with Gasteiger partial charge in [0.15, 0.2) is 11.5 Å². The molecular formula is C28H28ClN3O5. The van der Waals surface area contributed by atoms with Crippen LogP contribution >= 0.6 is 11.6 Å². The Hall–Kier alpha value is -3.91. The molecule has 1 unspecified atom stereocenters. The summed E-state index contributed by atoms with van der Waals surface area (Å²) in [5, 5.41) is 4.62. The minimum Gasteiger partial charge on any atom is -0.461 e. The summed E-state index contributed by atoms with van der Waals surface area (Å²) in [7, 11) is 0. The van der Waals surface area contributed by atoms with E-state index in [-0.39, 0.29) is 6.42 Å². The van der Waals surface area contributed by atoms with Gasteiger partial charge in [-0.05, 0) is 39.3 Å². The molecule has 0 amide bonds. The third-order valence-corrected chi connectivity index (χ3v) is 6.44. The average molecular weight is 522 g/mol. The van der Waals surface area contributed by atoms with Crippen LogP contribution in [0.4, 0.5) is 0 Å². The Morgan fingerprint density at radius 3 is 2.54 bits per heavy atom. The lowest BCUT2D eigenvalue weighted by molar-refractivity contribution is -0.147. The molecule has 0 aliphatic heterocycles. The van der Waals surface area contributed by atoms with Crippen molar-refractivity contribution in [2.75, 3.05) is 6.61 Å². The van der Waals surface area contributed by atoms with Crippen LogP contribution in [-0.4, -0.2) is 33.3 Å². The van der Waals surface area contributed by atoms with Crippen molar-refractivity contribution in [3.8, 4) is 11.3 Å². The minimum atomic E-state index is -0.486. The molecule has 0 aliphatic rings. The molecule has 4 rings (SSSR count). The highest BCUT2D eigenvalue weighted by Crippen LogP contribution is 2.29. The third-order valence-electron chi connectivity index (χ3n) is 6.09. The van der Waals surface area contributed by atoms with Gasteiger partial charge in [-0.15, -0.1) is 0 Å². The van der Waals surface area contributed by atoms with Gasteiger partial charge >= 0.3 is 11.9 Å². The second kappa shape index (κ2) is 11.4. The molecule has 4 aromatic rings. The minimum absolute atomic E-state index is 0.0199. The second-order valence-corrected chi connectivity index (χ2v) is 9.04. The van der Waals surface area contributed by atoms with Crippen LogP contribution < -0.4 is 0 Å². The maximum Gasteiger partial charge on any atom is 0.358 e. The van der Waals surface area contributed by atoms with Gasteiger partial charge in [-0.3, -0.25) is 4.79 Å². The van der Waals surface area contributed by atoms with Crippen LogP contribution in [0.2, 0.25) is 5.02 Å². The zero-order valence-electron chi connectivity index (χ0n) is 21.2. The van der Waals surface area contributed by atoms with Crippen LogP contribution in [0.25, 0.3) is 11.3 Å². The highest BCUT2D eigenvalue weighted by molar-refractivity contribution is 6.31. The van der Waals surface area contributed by atoms with Crippen LogP contribution in [-0.2, 0) is 27.2 Å². The number of hydrogen-bond acceptors (Lipinski definition) is 7. The van der Waals surface area contributed by atoms with Gasteiger partial charge in [-0.2, -0.15) is 0 Å². The molecule has 0 aliphatic carbocycles. The molecular weight excluding hydrogens is 494 g/mol. The summed E-state index contributed by atoms with van der Waals surface area (Å²) in [4.78, 5) is 29.0. The predicted octanol–water partition coefficient (Wildman–Crippen LogP) is 5.88. The molecule has 9 heteroatoms. The Morgan fingerprint density at radius 1 is 1.11 bits per heavy atom. The van der Waals surface area contributed by atoms with Gasteiger partial charge in [0.2, 0.25) is 0 Å². The number of carbonyl (C=O) groups is 2. The summed E-state index contributed by atoms with van der Waals surface area (Å²) >= 11 is 6.23. The fourth-order valence-electron chi connectivity index (χ4n) is 4.04. The first-order valence-corrected chi connectivity index (χ1v) is 12.3. The number of carbonyl (C=O) groups excluding carboxylic acids is 2. The highest BCUT2D eigenvalue weighted by Gasteiger charge is 2.21. The Bertz CT molecular complexity index is 1410. The van der Waals surface area contributed by atoms with Gasteiger partial charge in [-0.1, -0.05) is 59.2 Å². The van der Waals surface area contributed by atoms with E-state index >= 15 is 0 Å². The highest BCUT2D eigenvalue weighted by atomic mass is 35.5. The van der Waals surface area contributed by atoms with E-state index in [0.717, 1.165) is 22.4 Å². The molecule has 0 N–H and O–H groups in total. The number of benzene rings is 2. The first kappa shape index (κ1) is 26.2. The lowest BCUT2D eigenvalue weighted by Gasteiger charge is -2.15. The van der Waals surface area contributed by atoms with Crippen molar-refractivity contribution in [3.05, 3.63) is 93.7 Å². The van der Waals surface area contributed by atoms with Crippen molar-refractivity contribution in [3.63, 3.8) is 0 Å². The molecule has 2 aromatic heterocycles. The largest absolute Gasteiger partial charge is 0.461 e. The van der Waals surface area contributed by atoms with Gasteiger partial charge < -0.3 is 18.6 Å². The summed E-state index contributed by atoms with van der Waals surface area (Å²) in [5.74, 6) is -0.304. The number of rotatable bonds is 9. The molecule has 0 saturated carbocycles. The zero-order chi connectivity index (χ0) is 26.5. The molecule has 37 heavy (non-hydrogen) atoms. The molecule has 0 fully saturated rings. The standard InChI is InChI=1S/C28H28ClN3O5/c1-5-35-28(34)26-18(3)32(16-30-26)15-20-10-12-21(13-11-20)27-23(17(2)31-37-27)14-25(33)36-19(4)22-8-6-7-9-24(22)29/h6-13,16,19H,5,14-15H2,1-4H3. The third kappa shape index (κ3) is 5.91. The van der Waals surface area contributed by atoms with Crippen molar-refractivity contribution in [1.29, 1.82) is 0 Å². The smallest absolute Gasteiger partial charge is 0.358 e. The topological polar surface area (TPSA) is 96.5 Å². The lowest BCUT2D eigenvalue weighted by atomic mass is 10.0. The summed E-state index contributed by atoms with van der Waals surface area (Å²) in [6.07, 6.45) is 1.16.